The SMILES string of the molecule is OC[C@H]1O[C@@H]2O[C@H]3[C@H](O)[C@@H](O)[C@@H](O[C@H]4[C@H](O)[C@@H](O)[C@H]5O[C@H]6[C@H](O)[C@@H](O)[C@@H](O[C@H]7[C@H](O)[C@@H](O)[C@@H](O[C@H]8[C@H](O)[C@@H](O)[C@@H](O[C@H]9[C@H](O)[C@@H](O)[C@@H](O[C@H]1[C@H](O)[C@H]2O)O[C@@H]9CO)O[C@@H]8COCCCCOC[C@H]4O5)O[C@@H]7CO)O[C@@H]6CO)O[C@@H]3CO. The maximum atomic E-state index is 11.7. The molecule has 0 aromatic carbocycles. The highest BCUT2D eigenvalue weighted by Crippen LogP contribution is 2.39. The fourth-order valence-corrected chi connectivity index (χ4v) is 11.2. The first-order valence-corrected chi connectivity index (χ1v) is 26.6. The fourth-order valence-electron chi connectivity index (χ4n) is 11.2. The van der Waals surface area contributed by atoms with Crippen LogP contribution in [0.3, 0.4) is 0 Å². The summed E-state index contributed by atoms with van der Waals surface area (Å²) in [7, 11) is 0. The van der Waals surface area contributed by atoms with Gasteiger partial charge in [-0.1, -0.05) is 0 Å². The largest absolute Gasteiger partial charge is 0.394 e. The van der Waals surface area contributed by atoms with Crippen molar-refractivity contribution in [2.75, 3.05) is 59.5 Å². The van der Waals surface area contributed by atoms with E-state index in [2.05, 4.69) is 0 Å². The van der Waals surface area contributed by atoms with Gasteiger partial charge in [-0.3, -0.25) is 0 Å². The van der Waals surface area contributed by atoms with Crippen LogP contribution in [-0.2, 0) is 75.8 Å². The van der Waals surface area contributed by atoms with E-state index >= 15 is 0 Å². The quantitative estimate of drug-likeness (QED) is 0.122. The number of fused-ring (bicyclic) bond motifs is 3. The first-order chi connectivity index (χ1) is 38.7. The summed E-state index contributed by atoms with van der Waals surface area (Å²) in [5.74, 6) is 0. The minimum absolute atomic E-state index is 0.0920. The van der Waals surface area contributed by atoms with Crippen molar-refractivity contribution >= 4 is 0 Å². The number of aliphatic hydroxyl groups excluding tert-OH is 19. The molecule has 0 aliphatic carbocycles. The van der Waals surface area contributed by atoms with E-state index in [4.69, 9.17) is 75.8 Å². The van der Waals surface area contributed by atoms with E-state index in [1.54, 1.807) is 0 Å². The molecule has 15 saturated heterocycles. The van der Waals surface area contributed by atoms with Gasteiger partial charge < -0.3 is 173 Å². The Labute approximate surface area is 459 Å². The van der Waals surface area contributed by atoms with Crippen LogP contribution in [0.15, 0.2) is 0 Å². The van der Waals surface area contributed by atoms with Crippen LogP contribution in [0, 0.1) is 0 Å². The van der Waals surface area contributed by atoms with Gasteiger partial charge in [-0.2, -0.15) is 0 Å². The van der Waals surface area contributed by atoms with Crippen molar-refractivity contribution in [1.82, 2.24) is 0 Å². The Hall–Kier alpha value is -1.40. The molecule has 15 aliphatic rings. The third-order valence-electron chi connectivity index (χ3n) is 15.8. The van der Waals surface area contributed by atoms with Crippen molar-refractivity contribution in [3.63, 3.8) is 0 Å². The Morgan fingerprint density at radius 3 is 0.617 bits per heavy atom. The smallest absolute Gasteiger partial charge is 0.187 e. The summed E-state index contributed by atoms with van der Waals surface area (Å²) in [6, 6.07) is 0. The van der Waals surface area contributed by atoms with E-state index in [-0.39, 0.29) is 26.1 Å². The van der Waals surface area contributed by atoms with E-state index in [1.807, 2.05) is 0 Å². The summed E-state index contributed by atoms with van der Waals surface area (Å²) >= 11 is 0. The second kappa shape index (κ2) is 27.7. The molecule has 14 bridgehead atoms. The zero-order chi connectivity index (χ0) is 58.3. The summed E-state index contributed by atoms with van der Waals surface area (Å²) in [4.78, 5) is 0. The van der Waals surface area contributed by atoms with Crippen molar-refractivity contribution in [3.8, 4) is 0 Å². The molecule has 0 radical (unpaired) electrons. The molecule has 0 aromatic heterocycles. The second-order valence-electron chi connectivity index (χ2n) is 21.1. The normalized spacial score (nSPS) is 54.6. The Morgan fingerprint density at radius 2 is 0.407 bits per heavy atom. The second-order valence-corrected chi connectivity index (χ2v) is 21.1. The molecule has 81 heavy (non-hydrogen) atoms. The number of ether oxygens (including phenoxy) is 16. The summed E-state index contributed by atoms with van der Waals surface area (Å²) < 4.78 is 93.9. The monoisotopic (exact) mass is 1190 g/mol. The van der Waals surface area contributed by atoms with Gasteiger partial charge >= 0.3 is 0 Å². The minimum atomic E-state index is -2.18. The molecule has 470 valence electrons. The van der Waals surface area contributed by atoms with Crippen molar-refractivity contribution in [3.05, 3.63) is 0 Å². The maximum absolute atomic E-state index is 11.7. The van der Waals surface area contributed by atoms with Crippen LogP contribution < -0.4 is 0 Å². The zero-order valence-electron chi connectivity index (χ0n) is 43.0. The maximum Gasteiger partial charge on any atom is 0.187 e. The molecule has 15 heterocycles. The predicted molar refractivity (Wildman–Crippen MR) is 245 cm³/mol. The molecule has 0 aromatic rings. The Bertz CT molecular complexity index is 1930. The van der Waals surface area contributed by atoms with Gasteiger partial charge in [0.25, 0.3) is 0 Å². The zero-order valence-corrected chi connectivity index (χ0v) is 43.0. The van der Waals surface area contributed by atoms with E-state index < -0.39 is 261 Å². The number of aliphatic hydroxyl groups is 19. The van der Waals surface area contributed by atoms with Crippen LogP contribution in [0.5, 0.6) is 0 Å². The van der Waals surface area contributed by atoms with Crippen molar-refractivity contribution in [2.45, 2.75) is 228 Å². The molecule has 15 rings (SSSR count). The van der Waals surface area contributed by atoms with Crippen LogP contribution in [0.2, 0.25) is 0 Å². The van der Waals surface area contributed by atoms with Gasteiger partial charge in [-0.05, 0) is 12.8 Å². The van der Waals surface area contributed by atoms with Gasteiger partial charge in [-0.15, -0.1) is 0 Å². The Balaban J connectivity index is 1.07. The number of hydrogen-bond acceptors (Lipinski definition) is 35. The van der Waals surface area contributed by atoms with Crippen LogP contribution in [0.4, 0.5) is 0 Å². The van der Waals surface area contributed by atoms with Crippen LogP contribution in [0.25, 0.3) is 0 Å². The number of rotatable bonds is 5. The Kier molecular flexibility index (Phi) is 22.0. The first kappa shape index (κ1) is 64.1. The highest BCUT2D eigenvalue weighted by Gasteiger charge is 2.59. The molecule has 19 N–H and O–H groups in total. The lowest BCUT2D eigenvalue weighted by Gasteiger charge is -2.50. The molecule has 35 heteroatoms. The van der Waals surface area contributed by atoms with Gasteiger partial charge in [-0.25, -0.2) is 0 Å². The van der Waals surface area contributed by atoms with Crippen LogP contribution >= 0.6 is 0 Å². The molecule has 15 fully saturated rings. The van der Waals surface area contributed by atoms with Crippen molar-refractivity contribution < 1.29 is 173 Å². The van der Waals surface area contributed by atoms with E-state index in [9.17, 15) is 97.0 Å². The third kappa shape index (κ3) is 13.1. The van der Waals surface area contributed by atoms with Crippen LogP contribution in [-0.4, -0.2) is 371 Å². The van der Waals surface area contributed by atoms with E-state index in [0.717, 1.165) is 0 Å². The van der Waals surface area contributed by atoms with Gasteiger partial charge in [0, 0.05) is 13.2 Å². The number of hydrogen-bond donors (Lipinski definition) is 19. The third-order valence-corrected chi connectivity index (χ3v) is 15.8. The lowest BCUT2D eigenvalue weighted by atomic mass is 9.95. The predicted octanol–water partition coefficient (Wildman–Crippen LogP) is -13.4. The lowest BCUT2D eigenvalue weighted by molar-refractivity contribution is -0.397. The molecule has 0 spiro atoms. The van der Waals surface area contributed by atoms with Crippen molar-refractivity contribution in [2.24, 2.45) is 0 Å². The average Bonchev–Trinajstić information content (AvgIpc) is 3.48. The highest BCUT2D eigenvalue weighted by molar-refractivity contribution is 5.02. The lowest BCUT2D eigenvalue weighted by Crippen LogP contribution is -2.68. The highest BCUT2D eigenvalue weighted by atomic mass is 16.8. The topological polar surface area (TPSA) is 532 Å². The van der Waals surface area contributed by atoms with E-state index in [1.165, 1.54) is 0 Å². The van der Waals surface area contributed by atoms with E-state index in [0.29, 0.717) is 0 Å². The summed E-state index contributed by atoms with van der Waals surface area (Å²) in [6.45, 7) is -6.29. The molecule has 0 saturated carbocycles. The van der Waals surface area contributed by atoms with Crippen molar-refractivity contribution in [1.29, 1.82) is 0 Å². The summed E-state index contributed by atoms with van der Waals surface area (Å²) in [6.07, 6.45) is -68.0. The molecule has 15 aliphatic heterocycles. The summed E-state index contributed by atoms with van der Waals surface area (Å²) in [5, 5.41) is 213. The fraction of sp³-hybridized carbons (Fsp3) is 1.00. The minimum Gasteiger partial charge on any atom is -0.394 e. The molecule has 35 atom stereocenters. The van der Waals surface area contributed by atoms with Crippen LogP contribution in [0.1, 0.15) is 12.8 Å². The van der Waals surface area contributed by atoms with Gasteiger partial charge in [0.2, 0.25) is 0 Å². The first-order valence-electron chi connectivity index (χ1n) is 26.6. The molecule has 35 nitrogen and oxygen atoms in total. The molecule has 0 amide bonds. The standard InChI is InChI=1S/C46H76O35/c47-5-12-33-19(52)26(59)40(68-12)76-34-13(6-48)71-43(29(62)22(34)55)80-38-17-10-66-3-1-2-4-67-11-18-39(24(57)31(64)45(73-18)78-36-15(8-50)69-41(75-33)27(60)20(36)53)81-44-30(63)23(56)35(14(7-49)72-44)77-42-28(61)21(54)37(16(9-51)70-42)79-46(74-17)32(65)25(38)58/h12-65H,1-11H2/t12-,13-,14-,15-,16-,17-,18-,19-,20-,21-,22-,23-,24-,25-,26-,27-,28-,29-,30-,31-,32-,33-,34-,35-,36-,37-,38-,39-,40-,41-,42-,43-,44-,45-,46-/m1/s1. The molecule has 0 unspecified atom stereocenters. The average molecular weight is 1190 g/mol. The van der Waals surface area contributed by atoms with Gasteiger partial charge in [0.05, 0.1) is 46.2 Å². The Morgan fingerprint density at radius 1 is 0.222 bits per heavy atom. The summed E-state index contributed by atoms with van der Waals surface area (Å²) in [5.41, 5.74) is 0. The molecular formula is C46H76O35. The molecular weight excluding hydrogens is 1110 g/mol. The van der Waals surface area contributed by atoms with Gasteiger partial charge in [0.15, 0.2) is 44.0 Å². The van der Waals surface area contributed by atoms with Gasteiger partial charge in [0.1, 0.15) is 171 Å².